The van der Waals surface area contributed by atoms with Crippen LogP contribution in [0, 0.1) is 5.95 Å². The molecule has 0 unspecified atom stereocenters. The zero-order chi connectivity index (χ0) is 14.9. The first-order valence-electron chi connectivity index (χ1n) is 5.36. The molecule has 0 aliphatic rings. The molecule has 0 radical (unpaired) electrons. The van der Waals surface area contributed by atoms with E-state index < -0.39 is 23.7 Å². The Labute approximate surface area is 110 Å². The smallest absolute Gasteiger partial charge is 0.416 e. The first-order valence-corrected chi connectivity index (χ1v) is 5.36. The van der Waals surface area contributed by atoms with Gasteiger partial charge in [-0.05, 0) is 18.2 Å². The Balaban J connectivity index is 2.54. The molecule has 0 saturated heterocycles. The minimum Gasteiger partial charge on any atom is -0.478 e. The molecule has 1 aromatic carbocycles. The van der Waals surface area contributed by atoms with Crippen LogP contribution in [0.25, 0.3) is 11.3 Å². The Morgan fingerprint density at radius 3 is 2.45 bits per heavy atom. The largest absolute Gasteiger partial charge is 0.478 e. The first-order chi connectivity index (χ1) is 9.27. The van der Waals surface area contributed by atoms with Crippen LogP contribution >= 0.6 is 0 Å². The van der Waals surface area contributed by atoms with Crippen molar-refractivity contribution in [3.8, 4) is 11.3 Å². The SMILES string of the molecule is O=C(O)c1cc(F)nc(-c2cccc(C(F)(F)F)c2)c1. The van der Waals surface area contributed by atoms with Crippen molar-refractivity contribution in [2.45, 2.75) is 6.18 Å². The molecule has 104 valence electrons. The van der Waals surface area contributed by atoms with Gasteiger partial charge in [0.1, 0.15) is 0 Å². The summed E-state index contributed by atoms with van der Waals surface area (Å²) in [5, 5.41) is 8.79. The van der Waals surface area contributed by atoms with Gasteiger partial charge in [0, 0.05) is 11.6 Å². The van der Waals surface area contributed by atoms with Gasteiger partial charge in [-0.1, -0.05) is 12.1 Å². The lowest BCUT2D eigenvalue weighted by molar-refractivity contribution is -0.137. The van der Waals surface area contributed by atoms with E-state index in [1.165, 1.54) is 6.07 Å². The molecule has 1 N–H and O–H groups in total. The van der Waals surface area contributed by atoms with Gasteiger partial charge in [-0.25, -0.2) is 9.78 Å². The van der Waals surface area contributed by atoms with Crippen LogP contribution in [-0.4, -0.2) is 16.1 Å². The molecule has 0 atom stereocenters. The predicted molar refractivity (Wildman–Crippen MR) is 61.6 cm³/mol. The van der Waals surface area contributed by atoms with E-state index in [0.29, 0.717) is 6.07 Å². The molecule has 1 aromatic heterocycles. The van der Waals surface area contributed by atoms with Gasteiger partial charge in [0.25, 0.3) is 0 Å². The minimum atomic E-state index is -4.54. The number of hydrogen-bond donors (Lipinski definition) is 1. The number of hydrogen-bond acceptors (Lipinski definition) is 2. The van der Waals surface area contributed by atoms with Crippen molar-refractivity contribution in [3.05, 3.63) is 53.5 Å². The van der Waals surface area contributed by atoms with Gasteiger partial charge in [-0.3, -0.25) is 0 Å². The molecular weight excluding hydrogens is 278 g/mol. The van der Waals surface area contributed by atoms with Gasteiger partial charge < -0.3 is 5.11 Å². The second-order valence-electron chi connectivity index (χ2n) is 3.95. The highest BCUT2D eigenvalue weighted by molar-refractivity contribution is 5.88. The number of carboxylic acids is 1. The summed E-state index contributed by atoms with van der Waals surface area (Å²) in [6.45, 7) is 0. The van der Waals surface area contributed by atoms with Gasteiger partial charge in [0.05, 0.1) is 16.8 Å². The van der Waals surface area contributed by atoms with E-state index in [1.54, 1.807) is 0 Å². The highest BCUT2D eigenvalue weighted by atomic mass is 19.4. The number of aromatic nitrogens is 1. The highest BCUT2D eigenvalue weighted by Gasteiger charge is 2.30. The van der Waals surface area contributed by atoms with Gasteiger partial charge in [0.2, 0.25) is 5.95 Å². The van der Waals surface area contributed by atoms with Gasteiger partial charge in [0.15, 0.2) is 0 Å². The number of pyridine rings is 1. The summed E-state index contributed by atoms with van der Waals surface area (Å²) in [6, 6.07) is 5.79. The molecular formula is C13H7F4NO2. The van der Waals surface area contributed by atoms with Crippen molar-refractivity contribution < 1.29 is 27.5 Å². The summed E-state index contributed by atoms with van der Waals surface area (Å²) in [5.74, 6) is -2.46. The van der Waals surface area contributed by atoms with Crippen LogP contribution in [0.4, 0.5) is 17.6 Å². The molecule has 2 aromatic rings. The summed E-state index contributed by atoms with van der Waals surface area (Å²) in [4.78, 5) is 14.2. The number of benzene rings is 1. The van der Waals surface area contributed by atoms with Crippen molar-refractivity contribution in [2.24, 2.45) is 0 Å². The number of rotatable bonds is 2. The zero-order valence-corrected chi connectivity index (χ0v) is 9.78. The second kappa shape index (κ2) is 4.92. The predicted octanol–water partition coefficient (Wildman–Crippen LogP) is 3.60. The van der Waals surface area contributed by atoms with Gasteiger partial charge in [-0.15, -0.1) is 0 Å². The van der Waals surface area contributed by atoms with Crippen LogP contribution in [0.2, 0.25) is 0 Å². The van der Waals surface area contributed by atoms with Crippen molar-refractivity contribution in [2.75, 3.05) is 0 Å². The van der Waals surface area contributed by atoms with Crippen LogP contribution in [0.15, 0.2) is 36.4 Å². The normalized spacial score (nSPS) is 11.4. The molecule has 7 heteroatoms. The van der Waals surface area contributed by atoms with Crippen LogP contribution in [-0.2, 0) is 6.18 Å². The summed E-state index contributed by atoms with van der Waals surface area (Å²) in [5.41, 5.74) is -1.49. The lowest BCUT2D eigenvalue weighted by atomic mass is 10.1. The molecule has 20 heavy (non-hydrogen) atoms. The average Bonchev–Trinajstić information content (AvgIpc) is 2.37. The molecule has 1 heterocycles. The van der Waals surface area contributed by atoms with E-state index in [1.807, 2.05) is 0 Å². The van der Waals surface area contributed by atoms with E-state index in [0.717, 1.165) is 24.3 Å². The van der Waals surface area contributed by atoms with Gasteiger partial charge >= 0.3 is 12.1 Å². The Morgan fingerprint density at radius 1 is 1.15 bits per heavy atom. The summed E-state index contributed by atoms with van der Waals surface area (Å²) in [6.07, 6.45) is -4.54. The highest BCUT2D eigenvalue weighted by Crippen LogP contribution is 2.31. The fourth-order valence-electron chi connectivity index (χ4n) is 1.62. The van der Waals surface area contributed by atoms with Crippen molar-refractivity contribution >= 4 is 5.97 Å². The van der Waals surface area contributed by atoms with Crippen molar-refractivity contribution in [3.63, 3.8) is 0 Å². The van der Waals surface area contributed by atoms with Crippen molar-refractivity contribution in [1.82, 2.24) is 4.98 Å². The molecule has 3 nitrogen and oxygen atoms in total. The third-order valence-electron chi connectivity index (χ3n) is 2.53. The molecule has 0 aliphatic carbocycles. The van der Waals surface area contributed by atoms with Crippen molar-refractivity contribution in [1.29, 1.82) is 0 Å². The van der Waals surface area contributed by atoms with E-state index >= 15 is 0 Å². The van der Waals surface area contributed by atoms with E-state index in [2.05, 4.69) is 4.98 Å². The topological polar surface area (TPSA) is 50.2 Å². The Morgan fingerprint density at radius 2 is 1.85 bits per heavy atom. The first kappa shape index (κ1) is 14.0. The number of carboxylic acid groups (broad SMARTS) is 1. The quantitative estimate of drug-likeness (QED) is 0.677. The number of carbonyl (C=O) groups is 1. The molecule has 0 bridgehead atoms. The molecule has 2 rings (SSSR count). The minimum absolute atomic E-state index is 0.0122. The number of alkyl halides is 3. The van der Waals surface area contributed by atoms with Crippen LogP contribution in [0.1, 0.15) is 15.9 Å². The third kappa shape index (κ3) is 2.93. The average molecular weight is 285 g/mol. The van der Waals surface area contributed by atoms with Crippen LogP contribution in [0.3, 0.4) is 0 Å². The summed E-state index contributed by atoms with van der Waals surface area (Å²) < 4.78 is 51.0. The van der Waals surface area contributed by atoms with Crippen LogP contribution < -0.4 is 0 Å². The van der Waals surface area contributed by atoms with Crippen LogP contribution in [0.5, 0.6) is 0 Å². The third-order valence-corrected chi connectivity index (χ3v) is 2.53. The molecule has 0 saturated carbocycles. The second-order valence-corrected chi connectivity index (χ2v) is 3.95. The lowest BCUT2D eigenvalue weighted by Gasteiger charge is -2.09. The zero-order valence-electron chi connectivity index (χ0n) is 9.78. The van der Waals surface area contributed by atoms with E-state index in [9.17, 15) is 22.4 Å². The maximum Gasteiger partial charge on any atom is 0.416 e. The summed E-state index contributed by atoms with van der Waals surface area (Å²) in [7, 11) is 0. The number of halogens is 4. The fourth-order valence-corrected chi connectivity index (χ4v) is 1.62. The fraction of sp³-hybridized carbons (Fsp3) is 0.0769. The Bertz CT molecular complexity index is 668. The molecule has 0 amide bonds. The Hall–Kier alpha value is -2.44. The number of nitrogens with zero attached hydrogens (tertiary/aromatic N) is 1. The van der Waals surface area contributed by atoms with E-state index in [4.69, 9.17) is 5.11 Å². The maximum absolute atomic E-state index is 13.2. The number of aromatic carboxylic acids is 1. The molecule has 0 spiro atoms. The summed E-state index contributed by atoms with van der Waals surface area (Å²) >= 11 is 0. The standard InChI is InChI=1S/C13H7F4NO2/c14-11-6-8(12(19)20)5-10(18-11)7-2-1-3-9(4-7)13(15,16)17/h1-6H,(H,19,20). The Kier molecular flexibility index (Phi) is 3.44. The monoisotopic (exact) mass is 285 g/mol. The molecule has 0 aliphatic heterocycles. The lowest BCUT2D eigenvalue weighted by Crippen LogP contribution is -2.05. The molecule has 0 fully saturated rings. The maximum atomic E-state index is 13.2. The van der Waals surface area contributed by atoms with Gasteiger partial charge in [-0.2, -0.15) is 17.6 Å². The van der Waals surface area contributed by atoms with E-state index in [-0.39, 0.29) is 16.8 Å².